The summed E-state index contributed by atoms with van der Waals surface area (Å²) in [6.07, 6.45) is 1.80. The Hall–Kier alpha value is -1.11. The number of hydrogen-bond donors (Lipinski definition) is 0. The lowest BCUT2D eigenvalue weighted by molar-refractivity contribution is 1.19. The normalized spacial score (nSPS) is 9.40. The molecule has 1 heteroatoms. The average molecular weight is 133 g/mol. The minimum Gasteiger partial charge on any atom is -0.262 e. The fourth-order valence-corrected chi connectivity index (χ4v) is 0.811. The van der Waals surface area contributed by atoms with E-state index in [1.807, 2.05) is 26.0 Å². The van der Waals surface area contributed by atoms with Crippen LogP contribution in [-0.2, 0) is 0 Å². The Kier molecular flexibility index (Phi) is 1.86. The second-order valence-corrected chi connectivity index (χ2v) is 2.47. The summed E-state index contributed by atoms with van der Waals surface area (Å²) in [6, 6.07) is 4.00. The van der Waals surface area contributed by atoms with Gasteiger partial charge in [-0.25, -0.2) is 0 Å². The van der Waals surface area contributed by atoms with Gasteiger partial charge in [0.1, 0.15) is 0 Å². The summed E-state index contributed by atoms with van der Waals surface area (Å²) >= 11 is 0. The minimum absolute atomic E-state index is 1.04. The highest BCUT2D eigenvalue weighted by Crippen LogP contribution is 2.10. The van der Waals surface area contributed by atoms with Crippen LogP contribution in [0.5, 0.6) is 0 Å². The zero-order valence-electron chi connectivity index (χ0n) is 6.39. The first-order valence-electron chi connectivity index (χ1n) is 3.28. The molecule has 0 saturated heterocycles. The van der Waals surface area contributed by atoms with E-state index in [9.17, 15) is 0 Å². The van der Waals surface area contributed by atoms with Crippen molar-refractivity contribution < 1.29 is 0 Å². The van der Waals surface area contributed by atoms with Crippen LogP contribution in [0.3, 0.4) is 0 Å². The van der Waals surface area contributed by atoms with Crippen molar-refractivity contribution in [3.8, 4) is 0 Å². The minimum atomic E-state index is 1.04. The first-order valence-corrected chi connectivity index (χ1v) is 3.28. The van der Waals surface area contributed by atoms with Crippen molar-refractivity contribution in [2.45, 2.75) is 13.8 Å². The Morgan fingerprint density at radius 2 is 2.30 bits per heavy atom. The van der Waals surface area contributed by atoms with E-state index in [0.717, 1.165) is 11.3 Å². The molecule has 52 valence electrons. The van der Waals surface area contributed by atoms with E-state index in [2.05, 4.69) is 11.6 Å². The lowest BCUT2D eigenvalue weighted by Gasteiger charge is -1.98. The lowest BCUT2D eigenvalue weighted by atomic mass is 10.1. The van der Waals surface area contributed by atoms with Gasteiger partial charge in [-0.2, -0.15) is 0 Å². The molecule has 0 aliphatic rings. The fourth-order valence-electron chi connectivity index (χ4n) is 0.811. The Bertz CT molecular complexity index is 251. The van der Waals surface area contributed by atoms with Crippen LogP contribution in [0, 0.1) is 6.92 Å². The molecule has 0 aliphatic heterocycles. The van der Waals surface area contributed by atoms with Crippen molar-refractivity contribution in [3.63, 3.8) is 0 Å². The molecule has 0 radical (unpaired) electrons. The van der Waals surface area contributed by atoms with Gasteiger partial charge in [0.15, 0.2) is 0 Å². The second-order valence-electron chi connectivity index (χ2n) is 2.47. The largest absolute Gasteiger partial charge is 0.262 e. The maximum absolute atomic E-state index is 4.08. The maximum atomic E-state index is 4.08. The summed E-state index contributed by atoms with van der Waals surface area (Å²) < 4.78 is 0. The van der Waals surface area contributed by atoms with Gasteiger partial charge >= 0.3 is 0 Å². The summed E-state index contributed by atoms with van der Waals surface area (Å²) in [5.41, 5.74) is 3.30. The van der Waals surface area contributed by atoms with Crippen LogP contribution in [0.1, 0.15) is 18.2 Å². The number of pyridine rings is 1. The summed E-state index contributed by atoms with van der Waals surface area (Å²) in [4.78, 5) is 4.08. The predicted molar refractivity (Wildman–Crippen MR) is 43.7 cm³/mol. The lowest BCUT2D eigenvalue weighted by Crippen LogP contribution is -1.82. The maximum Gasteiger partial charge on any atom is 0.0378 e. The predicted octanol–water partition coefficient (Wildman–Crippen LogP) is 2.42. The van der Waals surface area contributed by atoms with E-state index in [0.29, 0.717) is 0 Å². The van der Waals surface area contributed by atoms with Crippen LogP contribution in [0.15, 0.2) is 24.9 Å². The van der Waals surface area contributed by atoms with Gasteiger partial charge in [0.25, 0.3) is 0 Å². The zero-order valence-corrected chi connectivity index (χ0v) is 6.39. The molecule has 0 N–H and O–H groups in total. The van der Waals surface area contributed by atoms with E-state index < -0.39 is 0 Å². The van der Waals surface area contributed by atoms with Crippen LogP contribution in [0.4, 0.5) is 0 Å². The molecule has 0 fully saturated rings. The van der Waals surface area contributed by atoms with Crippen molar-refractivity contribution in [1.29, 1.82) is 0 Å². The molecule has 0 amide bonds. The third-order valence-corrected chi connectivity index (χ3v) is 1.39. The number of aryl methyl sites for hydroxylation is 1. The Labute approximate surface area is 61.4 Å². The van der Waals surface area contributed by atoms with Crippen molar-refractivity contribution in [3.05, 3.63) is 36.2 Å². The highest BCUT2D eigenvalue weighted by molar-refractivity contribution is 5.60. The van der Waals surface area contributed by atoms with Crippen LogP contribution >= 0.6 is 0 Å². The molecule has 1 nitrogen and oxygen atoms in total. The molecular weight excluding hydrogens is 122 g/mol. The Balaban J connectivity index is 3.07. The molecule has 0 spiro atoms. The molecular formula is C9H11N. The van der Waals surface area contributed by atoms with Gasteiger partial charge in [-0.15, -0.1) is 0 Å². The number of allylic oxidation sites excluding steroid dienone is 1. The second kappa shape index (κ2) is 2.65. The molecule has 0 saturated carbocycles. The van der Waals surface area contributed by atoms with Crippen LogP contribution in [0.2, 0.25) is 0 Å². The highest BCUT2D eigenvalue weighted by Gasteiger charge is 1.91. The van der Waals surface area contributed by atoms with Gasteiger partial charge in [-0.1, -0.05) is 12.2 Å². The van der Waals surface area contributed by atoms with Gasteiger partial charge < -0.3 is 0 Å². The molecule has 1 heterocycles. The zero-order chi connectivity index (χ0) is 7.56. The monoisotopic (exact) mass is 133 g/mol. The van der Waals surface area contributed by atoms with Gasteiger partial charge in [0.2, 0.25) is 0 Å². The number of hydrogen-bond acceptors (Lipinski definition) is 1. The highest BCUT2D eigenvalue weighted by atomic mass is 14.6. The average Bonchev–Trinajstić information content (AvgIpc) is 1.88. The quantitative estimate of drug-likeness (QED) is 0.573. The molecule has 0 bridgehead atoms. The Morgan fingerprint density at radius 1 is 1.60 bits per heavy atom. The van der Waals surface area contributed by atoms with E-state index in [4.69, 9.17) is 0 Å². The van der Waals surface area contributed by atoms with E-state index in [-0.39, 0.29) is 0 Å². The smallest absolute Gasteiger partial charge is 0.0378 e. The standard InChI is InChI=1S/C9H11N/c1-7(2)9-4-5-10-8(3)6-9/h4-6H,1H2,2-3H3. The summed E-state index contributed by atoms with van der Waals surface area (Å²) in [7, 11) is 0. The third-order valence-electron chi connectivity index (χ3n) is 1.39. The van der Waals surface area contributed by atoms with E-state index >= 15 is 0 Å². The molecule has 0 aliphatic carbocycles. The summed E-state index contributed by atoms with van der Waals surface area (Å²) in [5, 5.41) is 0. The van der Waals surface area contributed by atoms with E-state index in [1.54, 1.807) is 6.20 Å². The molecule has 0 atom stereocenters. The third kappa shape index (κ3) is 1.44. The molecule has 1 aromatic rings. The van der Waals surface area contributed by atoms with Gasteiger partial charge in [0, 0.05) is 11.9 Å². The number of rotatable bonds is 1. The van der Waals surface area contributed by atoms with Crippen LogP contribution < -0.4 is 0 Å². The topological polar surface area (TPSA) is 12.9 Å². The van der Waals surface area contributed by atoms with Crippen LogP contribution in [0.25, 0.3) is 5.57 Å². The molecule has 1 rings (SSSR count). The van der Waals surface area contributed by atoms with Crippen molar-refractivity contribution in [2.24, 2.45) is 0 Å². The van der Waals surface area contributed by atoms with Gasteiger partial charge in [-0.3, -0.25) is 4.98 Å². The first-order chi connectivity index (χ1) is 4.70. The summed E-state index contributed by atoms with van der Waals surface area (Å²) in [6.45, 7) is 7.81. The molecule has 0 unspecified atom stereocenters. The van der Waals surface area contributed by atoms with Crippen molar-refractivity contribution in [1.82, 2.24) is 4.98 Å². The van der Waals surface area contributed by atoms with Gasteiger partial charge in [0.05, 0.1) is 0 Å². The number of nitrogens with zero attached hydrogens (tertiary/aromatic N) is 1. The van der Waals surface area contributed by atoms with Crippen LogP contribution in [-0.4, -0.2) is 4.98 Å². The van der Waals surface area contributed by atoms with E-state index in [1.165, 1.54) is 5.56 Å². The molecule has 10 heavy (non-hydrogen) atoms. The number of aromatic nitrogens is 1. The molecule has 0 aromatic carbocycles. The van der Waals surface area contributed by atoms with Crippen molar-refractivity contribution in [2.75, 3.05) is 0 Å². The SMILES string of the molecule is C=C(C)c1ccnc(C)c1. The molecule has 1 aromatic heterocycles. The first kappa shape index (κ1) is 7.00. The Morgan fingerprint density at radius 3 is 2.70 bits per heavy atom. The van der Waals surface area contributed by atoms with Gasteiger partial charge in [-0.05, 0) is 31.5 Å². The van der Waals surface area contributed by atoms with Crippen molar-refractivity contribution >= 4 is 5.57 Å². The summed E-state index contributed by atoms with van der Waals surface area (Å²) in [5.74, 6) is 0. The fraction of sp³-hybridized carbons (Fsp3) is 0.222.